The number of esters is 4. The van der Waals surface area contributed by atoms with Crippen LogP contribution in [0.4, 0.5) is 0 Å². The number of carbonyl (C=O) groups is 4. The van der Waals surface area contributed by atoms with Gasteiger partial charge in [0, 0.05) is 12.0 Å². The zero-order valence-electron chi connectivity index (χ0n) is 14.0. The van der Waals surface area contributed by atoms with Crippen LogP contribution in [0, 0.1) is 17.3 Å². The Balaban J connectivity index is 2.20. The van der Waals surface area contributed by atoms with E-state index in [2.05, 4.69) is 0 Å². The molecule has 3 atom stereocenters. The van der Waals surface area contributed by atoms with Crippen molar-refractivity contribution in [2.45, 2.75) is 46.5 Å². The molecule has 6 heteroatoms. The number of allylic oxidation sites excluding steroid dienone is 1. The van der Waals surface area contributed by atoms with Crippen LogP contribution in [-0.2, 0) is 28.7 Å². The van der Waals surface area contributed by atoms with Gasteiger partial charge in [0.15, 0.2) is 0 Å². The zero-order valence-corrected chi connectivity index (χ0v) is 14.0. The fourth-order valence-corrected chi connectivity index (χ4v) is 3.82. The summed E-state index contributed by atoms with van der Waals surface area (Å²) in [4.78, 5) is 48.8. The van der Waals surface area contributed by atoms with Gasteiger partial charge in [0.1, 0.15) is 5.41 Å². The molecule has 2 heterocycles. The first kappa shape index (κ1) is 16.6. The summed E-state index contributed by atoms with van der Waals surface area (Å²) in [7, 11) is 0. The molecular weight excluding hydrogens is 312 g/mol. The number of rotatable bonds is 2. The maximum absolute atomic E-state index is 12.3. The highest BCUT2D eigenvalue weighted by Gasteiger charge is 2.54. The smallest absolute Gasteiger partial charge is 0.342 e. The molecule has 0 aromatic rings. The van der Waals surface area contributed by atoms with E-state index in [1.165, 1.54) is 0 Å². The molecule has 0 radical (unpaired) electrons. The second-order valence-corrected chi connectivity index (χ2v) is 6.84. The van der Waals surface area contributed by atoms with Gasteiger partial charge < -0.3 is 9.47 Å². The molecule has 1 fully saturated rings. The Labute approximate surface area is 139 Å². The van der Waals surface area contributed by atoms with Crippen molar-refractivity contribution in [3.05, 3.63) is 22.8 Å². The Morgan fingerprint density at radius 3 is 2.38 bits per heavy atom. The molecule has 128 valence electrons. The molecule has 6 nitrogen and oxygen atoms in total. The number of hydrogen-bond acceptors (Lipinski definition) is 6. The maximum atomic E-state index is 12.3. The molecule has 0 aromatic heterocycles. The lowest BCUT2D eigenvalue weighted by Crippen LogP contribution is -2.26. The van der Waals surface area contributed by atoms with Crippen LogP contribution >= 0.6 is 0 Å². The Bertz CT molecular complexity index is 713. The molecule has 0 bridgehead atoms. The minimum atomic E-state index is -1.25. The molecule has 24 heavy (non-hydrogen) atoms. The zero-order chi connectivity index (χ0) is 17.6. The van der Waals surface area contributed by atoms with Crippen LogP contribution in [-0.4, -0.2) is 23.9 Å². The quantitative estimate of drug-likeness (QED) is 0.569. The van der Waals surface area contributed by atoms with E-state index in [0.29, 0.717) is 18.4 Å². The standard InChI is InChI=1S/C18H20O6/c1-4-9-6-10(5-2)13-11(14(19)23-16(13)21)8-18(3)12(7-9)15(20)24-17(18)22/h7,9-10H,4-6,8H2,1-3H3/t9-,10-,18-/m1/s1. The predicted molar refractivity (Wildman–Crippen MR) is 82.2 cm³/mol. The molecule has 1 saturated heterocycles. The van der Waals surface area contributed by atoms with Crippen molar-refractivity contribution >= 4 is 23.9 Å². The third kappa shape index (κ3) is 2.32. The molecule has 0 unspecified atom stereocenters. The third-order valence-corrected chi connectivity index (χ3v) is 5.37. The van der Waals surface area contributed by atoms with Crippen LogP contribution < -0.4 is 0 Å². The van der Waals surface area contributed by atoms with Gasteiger partial charge in [0.05, 0.1) is 11.1 Å². The van der Waals surface area contributed by atoms with E-state index in [4.69, 9.17) is 9.47 Å². The van der Waals surface area contributed by atoms with Gasteiger partial charge in [0.25, 0.3) is 0 Å². The molecule has 0 spiro atoms. The van der Waals surface area contributed by atoms with Gasteiger partial charge in [0.2, 0.25) is 0 Å². The highest BCUT2D eigenvalue weighted by Crippen LogP contribution is 2.47. The average Bonchev–Trinajstić information content (AvgIpc) is 2.93. The van der Waals surface area contributed by atoms with Crippen molar-refractivity contribution in [3.8, 4) is 0 Å². The third-order valence-electron chi connectivity index (χ3n) is 5.37. The first-order chi connectivity index (χ1) is 11.3. The second kappa shape index (κ2) is 5.69. The number of fused-ring (bicyclic) bond motifs is 1. The maximum Gasteiger partial charge on any atom is 0.342 e. The monoisotopic (exact) mass is 332 g/mol. The van der Waals surface area contributed by atoms with E-state index < -0.39 is 29.3 Å². The van der Waals surface area contributed by atoms with E-state index in [0.717, 1.165) is 6.42 Å². The topological polar surface area (TPSA) is 86.7 Å². The minimum absolute atomic E-state index is 0.0121. The fraction of sp³-hybridized carbons (Fsp3) is 0.556. The minimum Gasteiger partial charge on any atom is -0.389 e. The van der Waals surface area contributed by atoms with Gasteiger partial charge in [-0.25, -0.2) is 14.4 Å². The molecule has 0 saturated carbocycles. The number of cyclic esters (lactones) is 4. The fourth-order valence-electron chi connectivity index (χ4n) is 3.82. The Morgan fingerprint density at radius 2 is 1.75 bits per heavy atom. The van der Waals surface area contributed by atoms with E-state index in [1.807, 2.05) is 13.8 Å². The summed E-state index contributed by atoms with van der Waals surface area (Å²) in [5.74, 6) is -2.79. The summed E-state index contributed by atoms with van der Waals surface area (Å²) in [6, 6.07) is 0. The first-order valence-corrected chi connectivity index (χ1v) is 8.30. The Kier molecular flexibility index (Phi) is 3.94. The molecular formula is C18H20O6. The van der Waals surface area contributed by atoms with Crippen molar-refractivity contribution in [3.63, 3.8) is 0 Å². The van der Waals surface area contributed by atoms with Crippen LogP contribution in [0.2, 0.25) is 0 Å². The lowest BCUT2D eigenvalue weighted by molar-refractivity contribution is -0.154. The Morgan fingerprint density at radius 1 is 1.04 bits per heavy atom. The van der Waals surface area contributed by atoms with Crippen molar-refractivity contribution in [1.82, 2.24) is 0 Å². The molecule has 1 aliphatic carbocycles. The van der Waals surface area contributed by atoms with Crippen LogP contribution in [0.1, 0.15) is 46.5 Å². The molecule has 3 aliphatic rings. The van der Waals surface area contributed by atoms with Crippen LogP contribution in [0.3, 0.4) is 0 Å². The van der Waals surface area contributed by atoms with Gasteiger partial charge in [-0.15, -0.1) is 0 Å². The first-order valence-electron chi connectivity index (χ1n) is 8.30. The highest BCUT2D eigenvalue weighted by atomic mass is 16.6. The number of hydrogen-bond donors (Lipinski definition) is 0. The predicted octanol–water partition coefficient (Wildman–Crippen LogP) is 2.23. The summed E-state index contributed by atoms with van der Waals surface area (Å²) in [6.07, 6.45) is 3.80. The molecule has 0 aromatic carbocycles. The van der Waals surface area contributed by atoms with Crippen LogP contribution in [0.15, 0.2) is 22.8 Å². The van der Waals surface area contributed by atoms with E-state index in [9.17, 15) is 19.2 Å². The van der Waals surface area contributed by atoms with Gasteiger partial charge >= 0.3 is 23.9 Å². The summed E-state index contributed by atoms with van der Waals surface area (Å²) < 4.78 is 9.62. The number of ether oxygens (including phenoxy) is 2. The molecule has 2 aliphatic heterocycles. The van der Waals surface area contributed by atoms with Crippen molar-refractivity contribution in [1.29, 1.82) is 0 Å². The van der Waals surface area contributed by atoms with E-state index in [1.54, 1.807) is 13.0 Å². The van der Waals surface area contributed by atoms with Crippen molar-refractivity contribution < 1.29 is 28.7 Å². The van der Waals surface area contributed by atoms with Gasteiger partial charge in [-0.3, -0.25) is 4.79 Å². The normalized spacial score (nSPS) is 33.2. The van der Waals surface area contributed by atoms with E-state index >= 15 is 0 Å². The van der Waals surface area contributed by atoms with E-state index in [-0.39, 0.29) is 29.4 Å². The summed E-state index contributed by atoms with van der Waals surface area (Å²) in [5, 5.41) is 0. The highest BCUT2D eigenvalue weighted by molar-refractivity contribution is 6.15. The molecule has 3 rings (SSSR count). The SMILES string of the molecule is CC[C@H]1C=C2C(=O)OC(=O)[C@]2(C)CC2=C(C(=O)OC2=O)[C@H](CC)C1. The second-order valence-electron chi connectivity index (χ2n) is 6.84. The Hall–Kier alpha value is -2.24. The van der Waals surface area contributed by atoms with Crippen LogP contribution in [0.5, 0.6) is 0 Å². The van der Waals surface area contributed by atoms with Crippen molar-refractivity contribution in [2.75, 3.05) is 0 Å². The van der Waals surface area contributed by atoms with Gasteiger partial charge in [-0.05, 0) is 38.0 Å². The summed E-state index contributed by atoms with van der Waals surface area (Å²) in [5.41, 5.74) is -0.389. The number of carbonyl (C=O) groups excluding carboxylic acids is 4. The molecule has 0 amide bonds. The lowest BCUT2D eigenvalue weighted by Gasteiger charge is -2.20. The summed E-state index contributed by atoms with van der Waals surface area (Å²) in [6.45, 7) is 5.52. The lowest BCUT2D eigenvalue weighted by atomic mass is 9.77. The largest absolute Gasteiger partial charge is 0.389 e. The molecule has 0 N–H and O–H groups in total. The van der Waals surface area contributed by atoms with Crippen molar-refractivity contribution in [2.24, 2.45) is 17.3 Å². The summed E-state index contributed by atoms with van der Waals surface area (Å²) >= 11 is 0. The average molecular weight is 332 g/mol. The van der Waals surface area contributed by atoms with Gasteiger partial charge in [-0.1, -0.05) is 19.9 Å². The van der Waals surface area contributed by atoms with Crippen LogP contribution in [0.25, 0.3) is 0 Å². The van der Waals surface area contributed by atoms with Gasteiger partial charge in [-0.2, -0.15) is 0 Å².